The molecule has 1 N–H and O–H groups in total. The van der Waals surface area contributed by atoms with Gasteiger partial charge in [0.25, 0.3) is 0 Å². The summed E-state index contributed by atoms with van der Waals surface area (Å²) in [5.41, 5.74) is 0. The average Bonchev–Trinajstić information content (AvgIpc) is 2.06. The monoisotopic (exact) mass is 151 g/mol. The van der Waals surface area contributed by atoms with Crippen molar-refractivity contribution >= 4 is 5.91 Å². The van der Waals surface area contributed by atoms with Gasteiger partial charge in [-0.05, 0) is 25.3 Å². The van der Waals surface area contributed by atoms with Crippen LogP contribution in [0.15, 0.2) is 24.8 Å². The Labute approximate surface area is 67.0 Å². The van der Waals surface area contributed by atoms with E-state index in [1.54, 1.807) is 0 Å². The predicted octanol–water partition coefficient (Wildman–Crippen LogP) is 1.40. The van der Waals surface area contributed by atoms with Gasteiger partial charge in [-0.15, -0.1) is 0 Å². The van der Waals surface area contributed by atoms with Crippen molar-refractivity contribution in [3.05, 3.63) is 24.8 Å². The van der Waals surface area contributed by atoms with Crippen LogP contribution in [0.25, 0.3) is 0 Å². The van der Waals surface area contributed by atoms with E-state index in [-0.39, 0.29) is 5.91 Å². The number of amides is 1. The summed E-state index contributed by atoms with van der Waals surface area (Å²) in [5.74, 6) is -0.0645. The van der Waals surface area contributed by atoms with E-state index in [9.17, 15) is 4.79 Å². The molecule has 2 nitrogen and oxygen atoms in total. The molecule has 0 aromatic rings. The third kappa shape index (κ3) is 2.58. The second-order valence-corrected chi connectivity index (χ2v) is 2.69. The van der Waals surface area contributed by atoms with Gasteiger partial charge in [-0.2, -0.15) is 0 Å². The van der Waals surface area contributed by atoms with Crippen LogP contribution < -0.4 is 5.32 Å². The summed E-state index contributed by atoms with van der Waals surface area (Å²) in [6, 6.07) is 0.325. The van der Waals surface area contributed by atoms with Crippen molar-refractivity contribution < 1.29 is 4.79 Å². The minimum Gasteiger partial charge on any atom is -0.350 e. The number of allylic oxidation sites excluding steroid dienone is 1. The number of hydrogen-bond donors (Lipinski definition) is 1. The highest BCUT2D eigenvalue weighted by atomic mass is 16.1. The van der Waals surface area contributed by atoms with Gasteiger partial charge in [0, 0.05) is 6.04 Å². The number of carbonyl (C=O) groups excluding carboxylic acids is 1. The number of hydrogen-bond acceptors (Lipinski definition) is 1. The van der Waals surface area contributed by atoms with Crippen LogP contribution in [0, 0.1) is 0 Å². The molecule has 0 saturated carbocycles. The molecule has 0 aromatic carbocycles. The minimum atomic E-state index is -0.0645. The smallest absolute Gasteiger partial charge is 0.243 e. The molecule has 60 valence electrons. The number of carbonyl (C=O) groups is 1. The zero-order valence-corrected chi connectivity index (χ0v) is 6.55. The van der Waals surface area contributed by atoms with Gasteiger partial charge in [0.2, 0.25) is 5.91 Å². The van der Waals surface area contributed by atoms with Crippen molar-refractivity contribution in [3.8, 4) is 0 Å². The molecule has 0 aliphatic heterocycles. The van der Waals surface area contributed by atoms with Crippen LogP contribution >= 0.6 is 0 Å². The molecule has 0 bridgehead atoms. The van der Waals surface area contributed by atoms with E-state index >= 15 is 0 Å². The molecule has 0 heterocycles. The topological polar surface area (TPSA) is 29.1 Å². The van der Waals surface area contributed by atoms with Gasteiger partial charge in [0.1, 0.15) is 0 Å². The zero-order chi connectivity index (χ0) is 8.10. The second-order valence-electron chi connectivity index (χ2n) is 2.69. The highest BCUT2D eigenvalue weighted by Crippen LogP contribution is 2.09. The van der Waals surface area contributed by atoms with Crippen LogP contribution in [-0.4, -0.2) is 11.9 Å². The molecule has 1 aliphatic carbocycles. The zero-order valence-electron chi connectivity index (χ0n) is 6.55. The van der Waals surface area contributed by atoms with Crippen LogP contribution in [0.3, 0.4) is 0 Å². The second kappa shape index (κ2) is 3.96. The first kappa shape index (κ1) is 8.05. The van der Waals surface area contributed by atoms with E-state index in [0.29, 0.717) is 6.04 Å². The lowest BCUT2D eigenvalue weighted by molar-refractivity contribution is -0.117. The molecule has 0 unspecified atom stereocenters. The van der Waals surface area contributed by atoms with Gasteiger partial charge in [0.05, 0.1) is 0 Å². The van der Waals surface area contributed by atoms with Crippen molar-refractivity contribution in [3.63, 3.8) is 0 Å². The third-order valence-electron chi connectivity index (χ3n) is 1.80. The molecular formula is C9H13NO. The number of nitrogens with one attached hydrogen (secondary N) is 1. The maximum absolute atomic E-state index is 10.8. The third-order valence-corrected chi connectivity index (χ3v) is 1.80. The molecule has 0 spiro atoms. The fraction of sp³-hybridized carbons (Fsp3) is 0.444. The fourth-order valence-corrected chi connectivity index (χ4v) is 1.18. The van der Waals surface area contributed by atoms with Crippen molar-refractivity contribution in [2.24, 2.45) is 0 Å². The predicted molar refractivity (Wildman–Crippen MR) is 45.1 cm³/mol. The van der Waals surface area contributed by atoms with E-state index in [1.165, 1.54) is 6.08 Å². The van der Waals surface area contributed by atoms with Gasteiger partial charge in [0.15, 0.2) is 0 Å². The highest BCUT2D eigenvalue weighted by molar-refractivity contribution is 5.87. The molecule has 11 heavy (non-hydrogen) atoms. The summed E-state index contributed by atoms with van der Waals surface area (Å²) in [6.07, 6.45) is 8.66. The summed E-state index contributed by atoms with van der Waals surface area (Å²) in [6.45, 7) is 3.40. The maximum Gasteiger partial charge on any atom is 0.243 e. The van der Waals surface area contributed by atoms with E-state index in [2.05, 4.69) is 24.0 Å². The average molecular weight is 151 g/mol. The lowest BCUT2D eigenvalue weighted by Crippen LogP contribution is -2.33. The highest BCUT2D eigenvalue weighted by Gasteiger charge is 2.09. The standard InChI is InChI=1S/C9H13NO/c1-2-9(11)10-8-6-4-3-5-7-8/h2-4,8H,1,5-7H2,(H,10,11)/t8-/m1/s1. The molecule has 0 radical (unpaired) electrons. The molecule has 1 rings (SSSR count). The first-order valence-electron chi connectivity index (χ1n) is 3.91. The maximum atomic E-state index is 10.8. The summed E-state index contributed by atoms with van der Waals surface area (Å²) in [7, 11) is 0. The van der Waals surface area contributed by atoms with Gasteiger partial charge in [-0.3, -0.25) is 4.79 Å². The summed E-state index contributed by atoms with van der Waals surface area (Å²) >= 11 is 0. The molecule has 1 atom stereocenters. The molecule has 0 aromatic heterocycles. The lowest BCUT2D eigenvalue weighted by Gasteiger charge is -2.17. The van der Waals surface area contributed by atoms with Crippen LogP contribution in [0.5, 0.6) is 0 Å². The SMILES string of the molecule is C=CC(=O)N[C@@H]1CC=CCC1. The molecular weight excluding hydrogens is 138 g/mol. The van der Waals surface area contributed by atoms with Gasteiger partial charge < -0.3 is 5.32 Å². The van der Waals surface area contributed by atoms with Crippen LogP contribution in [0.2, 0.25) is 0 Å². The van der Waals surface area contributed by atoms with Crippen molar-refractivity contribution in [2.75, 3.05) is 0 Å². The van der Waals surface area contributed by atoms with Gasteiger partial charge >= 0.3 is 0 Å². The first-order valence-corrected chi connectivity index (χ1v) is 3.91. The normalized spacial score (nSPS) is 22.7. The minimum absolute atomic E-state index is 0.0645. The van der Waals surface area contributed by atoms with Crippen LogP contribution in [0.4, 0.5) is 0 Å². The molecule has 1 aliphatic rings. The van der Waals surface area contributed by atoms with Crippen LogP contribution in [0.1, 0.15) is 19.3 Å². The quantitative estimate of drug-likeness (QED) is 0.469. The Bertz CT molecular complexity index is 184. The Morgan fingerprint density at radius 2 is 2.45 bits per heavy atom. The number of rotatable bonds is 2. The fourth-order valence-electron chi connectivity index (χ4n) is 1.18. The summed E-state index contributed by atoms with van der Waals surface area (Å²) in [4.78, 5) is 10.8. The Balaban J connectivity index is 2.31. The molecule has 0 fully saturated rings. The lowest BCUT2D eigenvalue weighted by atomic mass is 10.0. The van der Waals surface area contributed by atoms with Crippen molar-refractivity contribution in [1.82, 2.24) is 5.32 Å². The van der Waals surface area contributed by atoms with Crippen LogP contribution in [-0.2, 0) is 4.79 Å². The van der Waals surface area contributed by atoms with Crippen molar-refractivity contribution in [1.29, 1.82) is 0 Å². The largest absolute Gasteiger partial charge is 0.350 e. The van der Waals surface area contributed by atoms with E-state index in [1.807, 2.05) is 0 Å². The van der Waals surface area contributed by atoms with Gasteiger partial charge in [-0.1, -0.05) is 18.7 Å². The Hall–Kier alpha value is -1.05. The van der Waals surface area contributed by atoms with Gasteiger partial charge in [-0.25, -0.2) is 0 Å². The van der Waals surface area contributed by atoms with E-state index < -0.39 is 0 Å². The summed E-state index contributed by atoms with van der Waals surface area (Å²) < 4.78 is 0. The Kier molecular flexibility index (Phi) is 2.90. The van der Waals surface area contributed by atoms with E-state index in [0.717, 1.165) is 19.3 Å². The Morgan fingerprint density at radius 3 is 3.00 bits per heavy atom. The Morgan fingerprint density at radius 1 is 1.64 bits per heavy atom. The summed E-state index contributed by atoms with van der Waals surface area (Å²) in [5, 5.41) is 2.86. The van der Waals surface area contributed by atoms with Crippen molar-refractivity contribution in [2.45, 2.75) is 25.3 Å². The molecule has 2 heteroatoms. The molecule has 1 amide bonds. The van der Waals surface area contributed by atoms with E-state index in [4.69, 9.17) is 0 Å². The molecule has 0 saturated heterocycles. The first-order chi connectivity index (χ1) is 5.33.